The third kappa shape index (κ3) is 5.48. The standard InChI is InChI=1S/C16H24N2O3.ClH/c1-12-5-2-3-6-14(12)20-10-4-9-18-16(19)15-8-7-13(11-17)21-15;/h2-3,5-6,13,15H,4,7-11,17H2,1H3,(H,18,19);1H/t13-,15+;/m1./s1. The Morgan fingerprint density at radius 2 is 2.18 bits per heavy atom. The highest BCUT2D eigenvalue weighted by molar-refractivity contribution is 5.85. The molecule has 22 heavy (non-hydrogen) atoms. The maximum Gasteiger partial charge on any atom is 0.249 e. The molecule has 0 spiro atoms. The number of hydrogen-bond donors (Lipinski definition) is 2. The Morgan fingerprint density at radius 1 is 1.41 bits per heavy atom. The van der Waals surface area contributed by atoms with Gasteiger partial charge in [-0.3, -0.25) is 4.79 Å². The van der Waals surface area contributed by atoms with Crippen LogP contribution in [0.2, 0.25) is 0 Å². The van der Waals surface area contributed by atoms with E-state index in [1.54, 1.807) is 0 Å². The van der Waals surface area contributed by atoms with E-state index >= 15 is 0 Å². The molecule has 1 aromatic carbocycles. The van der Waals surface area contributed by atoms with Crippen LogP contribution in [0.3, 0.4) is 0 Å². The van der Waals surface area contributed by atoms with Crippen molar-refractivity contribution < 1.29 is 14.3 Å². The fraction of sp³-hybridized carbons (Fsp3) is 0.562. The Kier molecular flexibility index (Phi) is 8.24. The second-order valence-corrected chi connectivity index (χ2v) is 5.32. The first kappa shape index (κ1) is 18.7. The van der Waals surface area contributed by atoms with Crippen molar-refractivity contribution in [3.63, 3.8) is 0 Å². The van der Waals surface area contributed by atoms with Crippen molar-refractivity contribution in [3.05, 3.63) is 29.8 Å². The van der Waals surface area contributed by atoms with Gasteiger partial charge in [-0.15, -0.1) is 12.4 Å². The van der Waals surface area contributed by atoms with Gasteiger partial charge in [0.2, 0.25) is 5.91 Å². The van der Waals surface area contributed by atoms with Gasteiger partial charge in [0.05, 0.1) is 12.7 Å². The summed E-state index contributed by atoms with van der Waals surface area (Å²) in [5, 5.41) is 2.89. The molecule has 1 heterocycles. The van der Waals surface area contributed by atoms with Gasteiger partial charge in [0.15, 0.2) is 0 Å². The number of hydrogen-bond acceptors (Lipinski definition) is 4. The van der Waals surface area contributed by atoms with Crippen molar-refractivity contribution in [2.24, 2.45) is 5.73 Å². The van der Waals surface area contributed by atoms with Gasteiger partial charge in [0.25, 0.3) is 0 Å². The minimum atomic E-state index is -0.337. The van der Waals surface area contributed by atoms with Crippen LogP contribution in [0.1, 0.15) is 24.8 Å². The summed E-state index contributed by atoms with van der Waals surface area (Å²) < 4.78 is 11.2. The fourth-order valence-corrected chi connectivity index (χ4v) is 2.37. The quantitative estimate of drug-likeness (QED) is 0.749. The molecule has 1 amide bonds. The van der Waals surface area contributed by atoms with Crippen molar-refractivity contribution in [2.45, 2.75) is 38.4 Å². The molecule has 0 aromatic heterocycles. The molecule has 2 atom stereocenters. The number of aryl methyl sites for hydroxylation is 1. The van der Waals surface area contributed by atoms with Crippen LogP contribution in [0, 0.1) is 6.92 Å². The van der Waals surface area contributed by atoms with E-state index in [2.05, 4.69) is 5.32 Å². The summed E-state index contributed by atoms with van der Waals surface area (Å²) in [5.41, 5.74) is 6.65. The lowest BCUT2D eigenvalue weighted by atomic mass is 10.2. The number of carbonyl (C=O) groups is 1. The van der Waals surface area contributed by atoms with E-state index in [1.807, 2.05) is 31.2 Å². The molecule has 1 aromatic rings. The summed E-state index contributed by atoms with van der Waals surface area (Å²) in [5.74, 6) is 0.857. The monoisotopic (exact) mass is 328 g/mol. The van der Waals surface area contributed by atoms with Crippen LogP contribution in [0.25, 0.3) is 0 Å². The molecular weight excluding hydrogens is 304 g/mol. The molecule has 124 valence electrons. The van der Waals surface area contributed by atoms with Gasteiger partial charge < -0.3 is 20.5 Å². The molecule has 0 radical (unpaired) electrons. The normalized spacial score (nSPS) is 20.3. The summed E-state index contributed by atoms with van der Waals surface area (Å²) in [6.45, 7) is 3.68. The molecule has 5 nitrogen and oxygen atoms in total. The first-order chi connectivity index (χ1) is 10.2. The van der Waals surface area contributed by atoms with Gasteiger partial charge >= 0.3 is 0 Å². The van der Waals surface area contributed by atoms with Crippen LogP contribution in [0.15, 0.2) is 24.3 Å². The molecule has 6 heteroatoms. The first-order valence-electron chi connectivity index (χ1n) is 7.52. The largest absolute Gasteiger partial charge is 0.493 e. The smallest absolute Gasteiger partial charge is 0.249 e. The van der Waals surface area contributed by atoms with Crippen molar-refractivity contribution in [2.75, 3.05) is 19.7 Å². The van der Waals surface area contributed by atoms with Crippen molar-refractivity contribution in [3.8, 4) is 5.75 Å². The number of para-hydroxylation sites is 1. The molecular formula is C16H25ClN2O3. The Bertz CT molecular complexity index is 470. The lowest BCUT2D eigenvalue weighted by Gasteiger charge is -2.13. The Labute approximate surface area is 138 Å². The number of halogens is 1. The average Bonchev–Trinajstić information content (AvgIpc) is 2.97. The average molecular weight is 329 g/mol. The SMILES string of the molecule is Cc1ccccc1OCCCNC(=O)[C@@H]1CC[C@H](CN)O1.Cl. The lowest BCUT2D eigenvalue weighted by molar-refractivity contribution is -0.131. The third-order valence-corrected chi connectivity index (χ3v) is 3.63. The van der Waals surface area contributed by atoms with E-state index in [0.29, 0.717) is 19.7 Å². The third-order valence-electron chi connectivity index (χ3n) is 3.63. The molecule has 2 rings (SSSR count). The van der Waals surface area contributed by atoms with Crippen LogP contribution in [-0.2, 0) is 9.53 Å². The van der Waals surface area contributed by atoms with Crippen LogP contribution in [0.4, 0.5) is 0 Å². The zero-order valence-corrected chi connectivity index (χ0v) is 13.7. The zero-order chi connectivity index (χ0) is 15.1. The number of benzene rings is 1. The van der Waals surface area contributed by atoms with Crippen LogP contribution >= 0.6 is 12.4 Å². The van der Waals surface area contributed by atoms with Gasteiger partial charge in [0.1, 0.15) is 11.9 Å². The maximum absolute atomic E-state index is 11.9. The van der Waals surface area contributed by atoms with Gasteiger partial charge in [-0.1, -0.05) is 18.2 Å². The van der Waals surface area contributed by atoms with E-state index in [0.717, 1.165) is 30.6 Å². The van der Waals surface area contributed by atoms with Gasteiger partial charge in [-0.25, -0.2) is 0 Å². The summed E-state index contributed by atoms with van der Waals surface area (Å²) >= 11 is 0. The van der Waals surface area contributed by atoms with Crippen molar-refractivity contribution in [1.82, 2.24) is 5.32 Å². The molecule has 0 saturated carbocycles. The van der Waals surface area contributed by atoms with E-state index in [9.17, 15) is 4.79 Å². The zero-order valence-electron chi connectivity index (χ0n) is 12.9. The molecule has 1 saturated heterocycles. The summed E-state index contributed by atoms with van der Waals surface area (Å²) in [6, 6.07) is 7.91. The predicted octanol–water partition coefficient (Wildman–Crippen LogP) is 1.81. The maximum atomic E-state index is 11.9. The number of nitrogens with one attached hydrogen (secondary N) is 1. The summed E-state index contributed by atoms with van der Waals surface area (Å²) in [4.78, 5) is 11.9. The number of ether oxygens (including phenoxy) is 2. The van der Waals surface area contributed by atoms with E-state index in [-0.39, 0.29) is 30.5 Å². The van der Waals surface area contributed by atoms with Crippen molar-refractivity contribution >= 4 is 18.3 Å². The van der Waals surface area contributed by atoms with E-state index < -0.39 is 0 Å². The van der Waals surface area contributed by atoms with Crippen LogP contribution in [-0.4, -0.2) is 37.8 Å². The predicted molar refractivity (Wildman–Crippen MR) is 88.5 cm³/mol. The van der Waals surface area contributed by atoms with Crippen LogP contribution in [0.5, 0.6) is 5.75 Å². The summed E-state index contributed by atoms with van der Waals surface area (Å²) in [6.07, 6.45) is 2.09. The molecule has 0 bridgehead atoms. The molecule has 1 aliphatic heterocycles. The Morgan fingerprint density at radius 3 is 2.86 bits per heavy atom. The van der Waals surface area contributed by atoms with E-state index in [4.69, 9.17) is 15.2 Å². The van der Waals surface area contributed by atoms with Crippen molar-refractivity contribution in [1.29, 1.82) is 0 Å². The second-order valence-electron chi connectivity index (χ2n) is 5.32. The minimum absolute atomic E-state index is 0. The first-order valence-corrected chi connectivity index (χ1v) is 7.52. The Hall–Kier alpha value is -1.30. The number of carbonyl (C=O) groups excluding carboxylic acids is 1. The fourth-order valence-electron chi connectivity index (χ4n) is 2.37. The second kappa shape index (κ2) is 9.66. The lowest BCUT2D eigenvalue weighted by Crippen LogP contribution is -2.36. The molecule has 0 aliphatic carbocycles. The molecule has 0 unspecified atom stereocenters. The molecule has 3 N–H and O–H groups in total. The highest BCUT2D eigenvalue weighted by Gasteiger charge is 2.29. The molecule has 1 aliphatic rings. The van der Waals surface area contributed by atoms with Crippen LogP contribution < -0.4 is 15.8 Å². The minimum Gasteiger partial charge on any atom is -0.493 e. The highest BCUT2D eigenvalue weighted by atomic mass is 35.5. The number of amides is 1. The number of nitrogens with two attached hydrogens (primary N) is 1. The Balaban J connectivity index is 0.00000242. The van der Waals surface area contributed by atoms with Gasteiger partial charge in [0, 0.05) is 13.1 Å². The summed E-state index contributed by atoms with van der Waals surface area (Å²) in [7, 11) is 0. The molecule has 1 fully saturated rings. The van der Waals surface area contributed by atoms with Gasteiger partial charge in [-0.05, 0) is 37.8 Å². The topological polar surface area (TPSA) is 73.6 Å². The van der Waals surface area contributed by atoms with E-state index in [1.165, 1.54) is 0 Å². The van der Waals surface area contributed by atoms with Gasteiger partial charge in [-0.2, -0.15) is 0 Å². The highest BCUT2D eigenvalue weighted by Crippen LogP contribution is 2.19. The number of rotatable bonds is 7.